The second kappa shape index (κ2) is 7.70. The molecule has 2 aromatic rings. The van der Waals surface area contributed by atoms with Crippen molar-refractivity contribution >= 4 is 28.8 Å². The zero-order valence-electron chi connectivity index (χ0n) is 12.7. The summed E-state index contributed by atoms with van der Waals surface area (Å²) in [6.45, 7) is 1.98. The molecular formula is C18H19N3O2. The van der Waals surface area contributed by atoms with Crippen LogP contribution in [0.4, 0.5) is 11.4 Å². The number of allylic oxidation sites excluding steroid dienone is 1. The Balaban J connectivity index is 0.00000288. The Morgan fingerprint density at radius 2 is 1.65 bits per heavy atom. The summed E-state index contributed by atoms with van der Waals surface area (Å²) < 4.78 is 0. The Morgan fingerprint density at radius 1 is 1.00 bits per heavy atom. The van der Waals surface area contributed by atoms with Crippen LogP contribution < -0.4 is 10.6 Å². The molecule has 0 aliphatic rings. The van der Waals surface area contributed by atoms with Gasteiger partial charge in [-0.3, -0.25) is 15.0 Å². The molecule has 0 aromatic heterocycles. The maximum absolute atomic E-state index is 11.8. The lowest BCUT2D eigenvalue weighted by Crippen LogP contribution is -2.28. The van der Waals surface area contributed by atoms with Crippen molar-refractivity contribution in [3.8, 4) is 0 Å². The van der Waals surface area contributed by atoms with Crippen LogP contribution in [0.15, 0.2) is 66.9 Å². The van der Waals surface area contributed by atoms with Crippen LogP contribution >= 0.6 is 0 Å². The van der Waals surface area contributed by atoms with Crippen molar-refractivity contribution in [2.24, 2.45) is 0 Å². The van der Waals surface area contributed by atoms with E-state index < -0.39 is 17.4 Å². The molecule has 0 aliphatic heterocycles. The SMILES string of the molecule is Cc1ccc(N/C=C\C(=O)C(=N)C(=O)Nc2ccccc2)cc1.[HH]. The molecule has 1 amide bonds. The highest BCUT2D eigenvalue weighted by Crippen LogP contribution is 2.08. The second-order valence-corrected chi connectivity index (χ2v) is 4.90. The molecular weight excluding hydrogens is 290 g/mol. The number of benzene rings is 2. The van der Waals surface area contributed by atoms with Crippen molar-refractivity contribution in [3.05, 3.63) is 72.4 Å². The van der Waals surface area contributed by atoms with Gasteiger partial charge in [0.25, 0.3) is 5.91 Å². The highest BCUT2D eigenvalue weighted by atomic mass is 16.2. The predicted molar refractivity (Wildman–Crippen MR) is 93.9 cm³/mol. The molecule has 0 spiro atoms. The summed E-state index contributed by atoms with van der Waals surface area (Å²) in [4.78, 5) is 23.6. The van der Waals surface area contributed by atoms with Crippen LogP contribution in [0.3, 0.4) is 0 Å². The molecule has 0 unspecified atom stereocenters. The Labute approximate surface area is 136 Å². The topological polar surface area (TPSA) is 82.1 Å². The minimum absolute atomic E-state index is 0. The van der Waals surface area contributed by atoms with E-state index in [9.17, 15) is 9.59 Å². The number of carbonyl (C=O) groups is 2. The van der Waals surface area contributed by atoms with Gasteiger partial charge in [0.1, 0.15) is 0 Å². The Hall–Kier alpha value is -3.21. The van der Waals surface area contributed by atoms with E-state index >= 15 is 0 Å². The van der Waals surface area contributed by atoms with Gasteiger partial charge in [0.05, 0.1) is 0 Å². The first-order valence-electron chi connectivity index (χ1n) is 7.05. The highest BCUT2D eigenvalue weighted by Gasteiger charge is 2.15. The van der Waals surface area contributed by atoms with Gasteiger partial charge in [-0.2, -0.15) is 0 Å². The number of hydrogen-bond donors (Lipinski definition) is 3. The lowest BCUT2D eigenvalue weighted by atomic mass is 10.2. The Morgan fingerprint density at radius 3 is 2.30 bits per heavy atom. The number of ketones is 1. The number of para-hydroxylation sites is 1. The van der Waals surface area contributed by atoms with Crippen molar-refractivity contribution in [2.75, 3.05) is 10.6 Å². The molecule has 0 radical (unpaired) electrons. The fourth-order valence-corrected chi connectivity index (χ4v) is 1.77. The van der Waals surface area contributed by atoms with E-state index in [2.05, 4.69) is 10.6 Å². The first-order valence-corrected chi connectivity index (χ1v) is 7.05. The summed E-state index contributed by atoms with van der Waals surface area (Å²) in [5.74, 6) is -1.40. The smallest absolute Gasteiger partial charge is 0.277 e. The van der Waals surface area contributed by atoms with Crippen LogP contribution in [-0.2, 0) is 9.59 Å². The van der Waals surface area contributed by atoms with Crippen LogP contribution in [0.2, 0.25) is 0 Å². The largest absolute Gasteiger partial charge is 0.362 e. The zero-order valence-corrected chi connectivity index (χ0v) is 12.7. The molecule has 0 bridgehead atoms. The summed E-state index contributed by atoms with van der Waals surface area (Å²) in [5.41, 5.74) is 1.88. The minimum atomic E-state index is -0.735. The highest BCUT2D eigenvalue weighted by molar-refractivity contribution is 6.68. The van der Waals surface area contributed by atoms with Gasteiger partial charge in [-0.05, 0) is 31.2 Å². The number of amides is 1. The lowest BCUT2D eigenvalue weighted by Gasteiger charge is -2.04. The predicted octanol–water partition coefficient (Wildman–Crippen LogP) is 3.39. The quantitative estimate of drug-likeness (QED) is 0.434. The summed E-state index contributed by atoms with van der Waals surface area (Å²) in [7, 11) is 0. The molecule has 3 N–H and O–H groups in total. The maximum atomic E-state index is 11.8. The number of anilines is 2. The van der Waals surface area contributed by atoms with Gasteiger partial charge in [0.2, 0.25) is 5.78 Å². The van der Waals surface area contributed by atoms with Crippen LogP contribution in [0.1, 0.15) is 6.99 Å². The van der Waals surface area contributed by atoms with Gasteiger partial charge in [-0.25, -0.2) is 0 Å². The van der Waals surface area contributed by atoms with E-state index in [1.54, 1.807) is 24.3 Å². The molecule has 0 aliphatic carbocycles. The first kappa shape index (κ1) is 16.2. The molecule has 5 nitrogen and oxygen atoms in total. The fourth-order valence-electron chi connectivity index (χ4n) is 1.77. The molecule has 118 valence electrons. The maximum Gasteiger partial charge on any atom is 0.277 e. The number of rotatable bonds is 6. The average molecular weight is 309 g/mol. The molecule has 0 fully saturated rings. The average Bonchev–Trinajstić information content (AvgIpc) is 2.56. The molecule has 2 aromatic carbocycles. The molecule has 5 heteroatoms. The third kappa shape index (κ3) is 4.93. The Bertz CT molecular complexity index is 741. The summed E-state index contributed by atoms with van der Waals surface area (Å²) in [6.07, 6.45) is 2.57. The number of nitrogens with one attached hydrogen (secondary N) is 3. The van der Waals surface area contributed by atoms with Gasteiger partial charge in [0, 0.05) is 25.1 Å². The molecule has 0 heterocycles. The molecule has 0 saturated carbocycles. The van der Waals surface area contributed by atoms with Crippen LogP contribution in [0.5, 0.6) is 0 Å². The van der Waals surface area contributed by atoms with Gasteiger partial charge >= 0.3 is 0 Å². The van der Waals surface area contributed by atoms with Gasteiger partial charge in [-0.1, -0.05) is 35.9 Å². The molecule has 0 atom stereocenters. The van der Waals surface area contributed by atoms with Crippen molar-refractivity contribution in [3.63, 3.8) is 0 Å². The second-order valence-electron chi connectivity index (χ2n) is 4.90. The summed E-state index contributed by atoms with van der Waals surface area (Å²) in [5, 5.41) is 13.0. The van der Waals surface area contributed by atoms with Crippen molar-refractivity contribution in [1.29, 1.82) is 5.41 Å². The zero-order chi connectivity index (χ0) is 16.7. The molecule has 2 rings (SSSR count). The number of hydrogen-bond acceptors (Lipinski definition) is 4. The van der Waals surface area contributed by atoms with Crippen LogP contribution in [0.25, 0.3) is 0 Å². The van der Waals surface area contributed by atoms with E-state index in [4.69, 9.17) is 5.41 Å². The molecule has 23 heavy (non-hydrogen) atoms. The van der Waals surface area contributed by atoms with Gasteiger partial charge in [0.15, 0.2) is 5.71 Å². The van der Waals surface area contributed by atoms with Gasteiger partial charge in [-0.15, -0.1) is 0 Å². The van der Waals surface area contributed by atoms with E-state index in [1.165, 1.54) is 6.20 Å². The third-order valence-corrected chi connectivity index (χ3v) is 3.04. The number of aryl methyl sites for hydroxylation is 1. The summed E-state index contributed by atoms with van der Waals surface area (Å²) >= 11 is 0. The van der Waals surface area contributed by atoms with E-state index in [1.807, 2.05) is 37.3 Å². The fraction of sp³-hybridized carbons (Fsp3) is 0.0556. The van der Waals surface area contributed by atoms with Crippen LogP contribution in [0, 0.1) is 12.3 Å². The first-order chi connectivity index (χ1) is 11.1. The Kier molecular flexibility index (Phi) is 5.41. The van der Waals surface area contributed by atoms with E-state index in [0.29, 0.717) is 5.69 Å². The van der Waals surface area contributed by atoms with E-state index in [-0.39, 0.29) is 1.43 Å². The third-order valence-electron chi connectivity index (χ3n) is 3.04. The monoisotopic (exact) mass is 309 g/mol. The number of carbonyl (C=O) groups excluding carboxylic acids is 2. The van der Waals surface area contributed by atoms with Gasteiger partial charge < -0.3 is 10.6 Å². The minimum Gasteiger partial charge on any atom is -0.362 e. The summed E-state index contributed by atoms with van der Waals surface area (Å²) in [6, 6.07) is 16.3. The molecule has 0 saturated heterocycles. The standard InChI is InChI=1S/C18H17N3O2.H2/c1-13-7-9-14(10-8-13)20-12-11-16(22)17(19)18(23)21-15-5-3-2-4-6-15;/h2-12,19-20H,1H3,(H,21,23);1H/b12-11-,19-17?;. The van der Waals surface area contributed by atoms with E-state index in [0.717, 1.165) is 17.3 Å². The van der Waals surface area contributed by atoms with Crippen molar-refractivity contribution in [2.45, 2.75) is 6.92 Å². The normalized spacial score (nSPS) is 10.3. The van der Waals surface area contributed by atoms with Crippen molar-refractivity contribution in [1.82, 2.24) is 0 Å². The van der Waals surface area contributed by atoms with Crippen LogP contribution in [-0.4, -0.2) is 17.4 Å². The van der Waals surface area contributed by atoms with Crippen molar-refractivity contribution < 1.29 is 11.0 Å². The lowest BCUT2D eigenvalue weighted by molar-refractivity contribution is -0.113.